The molecule has 2 unspecified atom stereocenters. The van der Waals surface area contributed by atoms with Gasteiger partial charge in [-0.1, -0.05) is 32.6 Å². The van der Waals surface area contributed by atoms with Crippen LogP contribution in [0.3, 0.4) is 0 Å². The van der Waals surface area contributed by atoms with Crippen LogP contribution in [0.2, 0.25) is 0 Å². The van der Waals surface area contributed by atoms with E-state index in [4.69, 9.17) is 0 Å². The van der Waals surface area contributed by atoms with Crippen molar-refractivity contribution >= 4 is 0 Å². The van der Waals surface area contributed by atoms with Crippen LogP contribution in [0.4, 0.5) is 0 Å². The summed E-state index contributed by atoms with van der Waals surface area (Å²) < 4.78 is 0. The Bertz CT molecular complexity index is 245. The highest BCUT2D eigenvalue weighted by atomic mass is 16.3. The Morgan fingerprint density at radius 2 is 1.74 bits per heavy atom. The molecule has 2 aliphatic rings. The summed E-state index contributed by atoms with van der Waals surface area (Å²) in [6.07, 6.45) is 7.63. The fraction of sp³-hybridized carbons (Fsp3) is 1.00. The first-order valence-electron chi connectivity index (χ1n) is 8.33. The summed E-state index contributed by atoms with van der Waals surface area (Å²) in [4.78, 5) is 5.04. The van der Waals surface area contributed by atoms with E-state index in [1.54, 1.807) is 0 Å². The first kappa shape index (κ1) is 15.3. The molecule has 1 saturated carbocycles. The van der Waals surface area contributed by atoms with Gasteiger partial charge in [0.15, 0.2) is 0 Å². The number of aliphatic hydroxyl groups is 1. The Balaban J connectivity index is 1.64. The molecule has 0 amide bonds. The predicted octanol–water partition coefficient (Wildman–Crippen LogP) is 2.34. The van der Waals surface area contributed by atoms with Crippen LogP contribution in [-0.2, 0) is 0 Å². The number of β-amino-alcohol motifs (C(OH)–C–C–N with tert-alkyl or cyclic N) is 1. The van der Waals surface area contributed by atoms with E-state index in [2.05, 4.69) is 23.6 Å². The van der Waals surface area contributed by atoms with Gasteiger partial charge in [0.05, 0.1) is 6.10 Å². The fourth-order valence-electron chi connectivity index (χ4n) is 3.65. The summed E-state index contributed by atoms with van der Waals surface area (Å²) >= 11 is 0. The van der Waals surface area contributed by atoms with E-state index in [0.717, 1.165) is 32.0 Å². The molecular formula is C16H32N2O. The maximum Gasteiger partial charge on any atom is 0.0669 e. The van der Waals surface area contributed by atoms with Crippen molar-refractivity contribution in [3.63, 3.8) is 0 Å². The summed E-state index contributed by atoms with van der Waals surface area (Å²) in [5.74, 6) is 0.802. The van der Waals surface area contributed by atoms with Gasteiger partial charge in [-0.3, -0.25) is 9.80 Å². The molecule has 1 saturated heterocycles. The number of hydrogen-bond acceptors (Lipinski definition) is 3. The van der Waals surface area contributed by atoms with E-state index in [9.17, 15) is 5.11 Å². The number of nitrogens with zero attached hydrogens (tertiary/aromatic N) is 2. The second-order valence-corrected chi connectivity index (χ2v) is 6.63. The number of rotatable bonds is 6. The van der Waals surface area contributed by atoms with E-state index in [1.165, 1.54) is 45.2 Å². The monoisotopic (exact) mass is 268 g/mol. The van der Waals surface area contributed by atoms with Crippen molar-refractivity contribution in [3.8, 4) is 0 Å². The molecule has 0 bridgehead atoms. The third-order valence-electron chi connectivity index (χ3n) is 5.17. The van der Waals surface area contributed by atoms with Gasteiger partial charge in [0.1, 0.15) is 0 Å². The topological polar surface area (TPSA) is 26.7 Å². The zero-order chi connectivity index (χ0) is 13.7. The van der Waals surface area contributed by atoms with Crippen molar-refractivity contribution in [1.29, 1.82) is 0 Å². The van der Waals surface area contributed by atoms with Gasteiger partial charge in [0.25, 0.3) is 0 Å². The second kappa shape index (κ2) is 7.61. The zero-order valence-corrected chi connectivity index (χ0v) is 12.9. The molecule has 0 aromatic heterocycles. The standard InChI is InChI=1S/C16H32N2O/c1-3-14(2)18-10-8-17(9-11-18)13-16(19)12-15-6-4-5-7-15/h14-16,19H,3-13H2,1-2H3. The molecule has 2 atom stereocenters. The van der Waals surface area contributed by atoms with Crippen LogP contribution in [0.15, 0.2) is 0 Å². The van der Waals surface area contributed by atoms with Crippen LogP contribution in [-0.4, -0.2) is 59.8 Å². The van der Waals surface area contributed by atoms with Crippen molar-refractivity contribution in [1.82, 2.24) is 9.80 Å². The first-order valence-corrected chi connectivity index (χ1v) is 8.33. The van der Waals surface area contributed by atoms with E-state index in [-0.39, 0.29) is 6.10 Å². The van der Waals surface area contributed by atoms with Gasteiger partial charge < -0.3 is 5.11 Å². The number of hydrogen-bond donors (Lipinski definition) is 1. The second-order valence-electron chi connectivity index (χ2n) is 6.63. The van der Waals surface area contributed by atoms with Gasteiger partial charge in [-0.15, -0.1) is 0 Å². The van der Waals surface area contributed by atoms with E-state index >= 15 is 0 Å². The third-order valence-corrected chi connectivity index (χ3v) is 5.17. The van der Waals surface area contributed by atoms with Crippen molar-refractivity contribution in [2.24, 2.45) is 5.92 Å². The Morgan fingerprint density at radius 3 is 2.32 bits per heavy atom. The molecule has 2 rings (SSSR count). The lowest BCUT2D eigenvalue weighted by molar-refractivity contribution is 0.0493. The largest absolute Gasteiger partial charge is 0.392 e. The molecule has 3 heteroatoms. The Hall–Kier alpha value is -0.120. The van der Waals surface area contributed by atoms with Crippen LogP contribution in [0, 0.1) is 5.92 Å². The predicted molar refractivity (Wildman–Crippen MR) is 80.3 cm³/mol. The normalized spacial score (nSPS) is 26.7. The van der Waals surface area contributed by atoms with Gasteiger partial charge in [-0.25, -0.2) is 0 Å². The average Bonchev–Trinajstić information content (AvgIpc) is 2.91. The van der Waals surface area contributed by atoms with Gasteiger partial charge in [-0.2, -0.15) is 0 Å². The quantitative estimate of drug-likeness (QED) is 0.801. The lowest BCUT2D eigenvalue weighted by Crippen LogP contribution is -2.51. The highest BCUT2D eigenvalue weighted by Crippen LogP contribution is 2.28. The molecule has 1 aliphatic carbocycles. The fourth-order valence-corrected chi connectivity index (χ4v) is 3.65. The van der Waals surface area contributed by atoms with Crippen molar-refractivity contribution in [2.45, 2.75) is 64.5 Å². The van der Waals surface area contributed by atoms with Crippen LogP contribution >= 0.6 is 0 Å². The summed E-state index contributed by atoms with van der Waals surface area (Å²) in [7, 11) is 0. The SMILES string of the molecule is CCC(C)N1CCN(CC(O)CC2CCCC2)CC1. The average molecular weight is 268 g/mol. The van der Waals surface area contributed by atoms with Crippen LogP contribution in [0.25, 0.3) is 0 Å². The third kappa shape index (κ3) is 4.73. The minimum Gasteiger partial charge on any atom is -0.392 e. The highest BCUT2D eigenvalue weighted by Gasteiger charge is 2.24. The molecule has 1 N–H and O–H groups in total. The van der Waals surface area contributed by atoms with Crippen molar-refractivity contribution in [3.05, 3.63) is 0 Å². The van der Waals surface area contributed by atoms with Gasteiger partial charge >= 0.3 is 0 Å². The molecule has 3 nitrogen and oxygen atoms in total. The van der Waals surface area contributed by atoms with Crippen LogP contribution < -0.4 is 0 Å². The van der Waals surface area contributed by atoms with E-state index < -0.39 is 0 Å². The van der Waals surface area contributed by atoms with Crippen molar-refractivity contribution in [2.75, 3.05) is 32.7 Å². The number of piperazine rings is 1. The maximum atomic E-state index is 10.2. The van der Waals surface area contributed by atoms with Crippen LogP contribution in [0.1, 0.15) is 52.4 Å². The van der Waals surface area contributed by atoms with E-state index in [0.29, 0.717) is 6.04 Å². The maximum absolute atomic E-state index is 10.2. The molecule has 0 aromatic carbocycles. The first-order chi connectivity index (χ1) is 9.19. The molecule has 1 heterocycles. The molecule has 112 valence electrons. The molecule has 0 spiro atoms. The lowest BCUT2D eigenvalue weighted by atomic mass is 9.99. The lowest BCUT2D eigenvalue weighted by Gasteiger charge is -2.38. The zero-order valence-electron chi connectivity index (χ0n) is 12.9. The van der Waals surface area contributed by atoms with Crippen LogP contribution in [0.5, 0.6) is 0 Å². The summed E-state index contributed by atoms with van der Waals surface area (Å²) in [5.41, 5.74) is 0. The minimum atomic E-state index is -0.0988. The molecule has 1 aliphatic heterocycles. The van der Waals surface area contributed by atoms with E-state index in [1.807, 2.05) is 0 Å². The Kier molecular flexibility index (Phi) is 6.11. The number of aliphatic hydroxyl groups excluding tert-OH is 1. The molecule has 2 fully saturated rings. The molecule has 0 aromatic rings. The Labute approximate surface area is 119 Å². The van der Waals surface area contributed by atoms with Gasteiger partial charge in [0.2, 0.25) is 0 Å². The minimum absolute atomic E-state index is 0.0988. The van der Waals surface area contributed by atoms with Gasteiger partial charge in [-0.05, 0) is 25.7 Å². The molecule has 0 radical (unpaired) electrons. The molecule has 19 heavy (non-hydrogen) atoms. The van der Waals surface area contributed by atoms with Gasteiger partial charge in [0, 0.05) is 38.8 Å². The smallest absolute Gasteiger partial charge is 0.0669 e. The Morgan fingerprint density at radius 1 is 1.11 bits per heavy atom. The highest BCUT2D eigenvalue weighted by molar-refractivity contribution is 4.79. The summed E-state index contributed by atoms with van der Waals surface area (Å²) in [6, 6.07) is 0.713. The molecular weight excluding hydrogens is 236 g/mol. The van der Waals surface area contributed by atoms with Crippen molar-refractivity contribution < 1.29 is 5.11 Å². The summed E-state index contributed by atoms with van der Waals surface area (Å²) in [5, 5.41) is 10.2. The summed E-state index contributed by atoms with van der Waals surface area (Å²) in [6.45, 7) is 10.1.